The van der Waals surface area contributed by atoms with Gasteiger partial charge in [0.05, 0.1) is 11.0 Å². The van der Waals surface area contributed by atoms with Gasteiger partial charge in [-0.1, -0.05) is 24.3 Å². The molecule has 2 rings (SSSR count). The van der Waals surface area contributed by atoms with Crippen molar-refractivity contribution in [3.05, 3.63) is 69.5 Å². The van der Waals surface area contributed by atoms with E-state index in [0.717, 1.165) is 16.5 Å². The molecule has 0 amide bonds. The van der Waals surface area contributed by atoms with Crippen LogP contribution in [0.15, 0.2) is 47.4 Å². The highest BCUT2D eigenvalue weighted by Gasteiger charge is 2.17. The molecule has 0 spiro atoms. The molecular weight excluding hydrogens is 293 g/mol. The predicted octanol–water partition coefficient (Wildman–Crippen LogP) is 4.08. The smallest absolute Gasteiger partial charge is 0.305 e. The van der Waals surface area contributed by atoms with Gasteiger partial charge in [0.25, 0.3) is 0 Å². The van der Waals surface area contributed by atoms with Crippen LogP contribution in [0, 0.1) is 15.9 Å². The first-order chi connectivity index (χ1) is 9.99. The van der Waals surface area contributed by atoms with Crippen molar-refractivity contribution < 1.29 is 14.4 Å². The van der Waals surface area contributed by atoms with E-state index >= 15 is 0 Å². The number of halogens is 1. The summed E-state index contributed by atoms with van der Waals surface area (Å²) in [6, 6.07) is 11.5. The van der Waals surface area contributed by atoms with Gasteiger partial charge in [-0.2, -0.15) is 4.39 Å². The van der Waals surface area contributed by atoms with E-state index in [1.807, 2.05) is 12.1 Å². The fourth-order valence-corrected chi connectivity index (χ4v) is 2.70. The van der Waals surface area contributed by atoms with Crippen molar-refractivity contribution in [1.82, 2.24) is 0 Å². The van der Waals surface area contributed by atoms with Gasteiger partial charge < -0.3 is 5.11 Å². The maximum absolute atomic E-state index is 13.9. The molecule has 0 saturated carbocycles. The second-order valence-corrected chi connectivity index (χ2v) is 5.59. The summed E-state index contributed by atoms with van der Waals surface area (Å²) in [6.07, 6.45) is -0.529. The van der Waals surface area contributed by atoms with Crippen LogP contribution in [0.25, 0.3) is 0 Å². The highest BCUT2D eigenvalue weighted by atomic mass is 32.2. The van der Waals surface area contributed by atoms with Gasteiger partial charge in [0.15, 0.2) is 0 Å². The summed E-state index contributed by atoms with van der Waals surface area (Å²) in [5.74, 6) is -0.475. The van der Waals surface area contributed by atoms with E-state index in [9.17, 15) is 19.6 Å². The molecule has 1 N–H and O–H groups in total. The molecule has 0 fully saturated rings. The van der Waals surface area contributed by atoms with E-state index in [-0.39, 0.29) is 0 Å². The Bertz CT molecular complexity index is 644. The molecule has 4 nitrogen and oxygen atoms in total. The van der Waals surface area contributed by atoms with Gasteiger partial charge in [-0.15, -0.1) is 11.8 Å². The Morgan fingerprint density at radius 1 is 1.29 bits per heavy atom. The number of rotatable bonds is 5. The average molecular weight is 307 g/mol. The van der Waals surface area contributed by atoms with Crippen LogP contribution in [0.5, 0.6) is 0 Å². The Kier molecular flexibility index (Phi) is 4.93. The summed E-state index contributed by atoms with van der Waals surface area (Å²) in [5.41, 5.74) is 0.604. The fraction of sp³-hybridized carbons (Fsp3) is 0.200. The number of nitro benzene ring substituents is 1. The molecule has 2 aromatic carbocycles. The summed E-state index contributed by atoms with van der Waals surface area (Å²) in [6.45, 7) is 1.68. The Labute approximate surface area is 125 Å². The van der Waals surface area contributed by atoms with Crippen LogP contribution in [0.2, 0.25) is 0 Å². The van der Waals surface area contributed by atoms with Crippen LogP contribution in [-0.2, 0) is 5.75 Å². The maximum Gasteiger partial charge on any atom is 0.305 e. The first-order valence-electron chi connectivity index (χ1n) is 6.31. The van der Waals surface area contributed by atoms with E-state index in [2.05, 4.69) is 0 Å². The lowest BCUT2D eigenvalue weighted by Crippen LogP contribution is -1.96. The fourth-order valence-electron chi connectivity index (χ4n) is 1.82. The minimum absolute atomic E-state index is 0.300. The summed E-state index contributed by atoms with van der Waals surface area (Å²) < 4.78 is 13.9. The summed E-state index contributed by atoms with van der Waals surface area (Å²) >= 11 is 1.38. The topological polar surface area (TPSA) is 63.4 Å². The first kappa shape index (κ1) is 15.5. The molecule has 6 heteroatoms. The SMILES string of the molecule is CC(O)c1ccc(SCc2cccc([N+](=O)[O-])c2F)cc1. The van der Waals surface area contributed by atoms with Crippen molar-refractivity contribution in [3.63, 3.8) is 0 Å². The third-order valence-corrected chi connectivity index (χ3v) is 4.07. The molecule has 0 aliphatic heterocycles. The van der Waals surface area contributed by atoms with E-state index in [1.165, 1.54) is 17.8 Å². The summed E-state index contributed by atoms with van der Waals surface area (Å²) in [4.78, 5) is 10.9. The van der Waals surface area contributed by atoms with Crippen LogP contribution in [0.4, 0.5) is 10.1 Å². The van der Waals surface area contributed by atoms with Gasteiger partial charge in [0.2, 0.25) is 5.82 Å². The van der Waals surface area contributed by atoms with Crippen LogP contribution in [0.1, 0.15) is 24.2 Å². The molecule has 1 unspecified atom stereocenters. The number of aliphatic hydroxyl groups excluding tert-OH is 1. The third-order valence-electron chi connectivity index (χ3n) is 3.01. The zero-order valence-electron chi connectivity index (χ0n) is 11.3. The third kappa shape index (κ3) is 3.80. The highest BCUT2D eigenvalue weighted by molar-refractivity contribution is 7.98. The first-order valence-corrected chi connectivity index (χ1v) is 7.30. The molecule has 0 aliphatic carbocycles. The molecule has 110 valence electrons. The number of benzene rings is 2. The summed E-state index contributed by atoms with van der Waals surface area (Å²) in [7, 11) is 0. The normalized spacial score (nSPS) is 12.1. The quantitative estimate of drug-likeness (QED) is 0.513. The van der Waals surface area contributed by atoms with E-state index in [1.54, 1.807) is 25.1 Å². The van der Waals surface area contributed by atoms with Crippen molar-refractivity contribution in [3.8, 4) is 0 Å². The van der Waals surface area contributed by atoms with Crippen LogP contribution in [0.3, 0.4) is 0 Å². The van der Waals surface area contributed by atoms with Crippen molar-refractivity contribution in [2.24, 2.45) is 0 Å². The van der Waals surface area contributed by atoms with Gasteiger partial charge in [-0.25, -0.2) is 0 Å². The molecule has 0 radical (unpaired) electrons. The molecule has 21 heavy (non-hydrogen) atoms. The number of hydrogen-bond donors (Lipinski definition) is 1. The Balaban J connectivity index is 2.09. The Morgan fingerprint density at radius 3 is 2.52 bits per heavy atom. The lowest BCUT2D eigenvalue weighted by atomic mass is 10.1. The number of nitrogens with zero attached hydrogens (tertiary/aromatic N) is 1. The van der Waals surface area contributed by atoms with Crippen molar-refractivity contribution in [2.75, 3.05) is 0 Å². The monoisotopic (exact) mass is 307 g/mol. The van der Waals surface area contributed by atoms with Gasteiger partial charge >= 0.3 is 5.69 Å². The van der Waals surface area contributed by atoms with E-state index in [0.29, 0.717) is 11.3 Å². The molecule has 0 aliphatic rings. The van der Waals surface area contributed by atoms with Crippen molar-refractivity contribution in [2.45, 2.75) is 23.7 Å². The lowest BCUT2D eigenvalue weighted by molar-refractivity contribution is -0.387. The number of aliphatic hydroxyl groups is 1. The van der Waals surface area contributed by atoms with Gasteiger partial charge in [-0.3, -0.25) is 10.1 Å². The van der Waals surface area contributed by atoms with Gasteiger partial charge in [-0.05, 0) is 24.6 Å². The van der Waals surface area contributed by atoms with Crippen LogP contribution >= 0.6 is 11.8 Å². The van der Waals surface area contributed by atoms with Crippen molar-refractivity contribution >= 4 is 17.4 Å². The highest BCUT2D eigenvalue weighted by Crippen LogP contribution is 2.28. The minimum Gasteiger partial charge on any atom is -0.389 e. The minimum atomic E-state index is -0.782. The zero-order valence-corrected chi connectivity index (χ0v) is 12.1. The molecule has 0 heterocycles. The number of thioether (sulfide) groups is 1. The second-order valence-electron chi connectivity index (χ2n) is 4.54. The molecular formula is C15H14FNO3S. The molecule has 0 bridgehead atoms. The number of hydrogen-bond acceptors (Lipinski definition) is 4. The van der Waals surface area contributed by atoms with E-state index in [4.69, 9.17) is 0 Å². The number of nitro groups is 1. The summed E-state index contributed by atoms with van der Waals surface area (Å²) in [5, 5.41) is 20.1. The largest absolute Gasteiger partial charge is 0.389 e. The van der Waals surface area contributed by atoms with Gasteiger partial charge in [0.1, 0.15) is 0 Å². The van der Waals surface area contributed by atoms with E-state index < -0.39 is 22.5 Å². The molecule has 0 saturated heterocycles. The van der Waals surface area contributed by atoms with Crippen LogP contribution < -0.4 is 0 Å². The molecule has 0 aromatic heterocycles. The second kappa shape index (κ2) is 6.69. The standard InChI is InChI=1S/C15H14FNO3S/c1-10(18)11-5-7-13(8-6-11)21-9-12-3-2-4-14(15(12)16)17(19)20/h2-8,10,18H,9H2,1H3. The Hall–Kier alpha value is -1.92. The Morgan fingerprint density at radius 2 is 1.95 bits per heavy atom. The average Bonchev–Trinajstić information content (AvgIpc) is 2.46. The zero-order chi connectivity index (χ0) is 15.4. The van der Waals surface area contributed by atoms with Gasteiger partial charge in [0, 0.05) is 22.3 Å². The molecule has 2 aromatic rings. The maximum atomic E-state index is 13.9. The van der Waals surface area contributed by atoms with Crippen LogP contribution in [-0.4, -0.2) is 10.0 Å². The van der Waals surface area contributed by atoms with Crippen molar-refractivity contribution in [1.29, 1.82) is 0 Å². The predicted molar refractivity (Wildman–Crippen MR) is 79.7 cm³/mol. The molecule has 1 atom stereocenters. The lowest BCUT2D eigenvalue weighted by Gasteiger charge is -2.07.